The summed E-state index contributed by atoms with van der Waals surface area (Å²) in [6, 6.07) is 0. The Hall–Kier alpha value is 0.0600. The van der Waals surface area contributed by atoms with Gasteiger partial charge in [-0.25, -0.2) is 0 Å². The van der Waals surface area contributed by atoms with Gasteiger partial charge in [-0.1, -0.05) is 16.3 Å². The van der Waals surface area contributed by atoms with Crippen LogP contribution < -0.4 is 0 Å². The van der Waals surface area contributed by atoms with Crippen LogP contribution in [0.5, 0.6) is 0 Å². The molecule has 0 aromatic rings. The molecule has 0 saturated heterocycles. The van der Waals surface area contributed by atoms with Gasteiger partial charge in [-0.3, -0.25) is 9.46 Å². The third-order valence-electron chi connectivity index (χ3n) is 2.32. The predicted octanol–water partition coefficient (Wildman–Crippen LogP) is 1.47. The van der Waals surface area contributed by atoms with Gasteiger partial charge in [-0.05, 0) is 18.9 Å². The summed E-state index contributed by atoms with van der Waals surface area (Å²) in [7, 11) is 4.67. The van der Waals surface area contributed by atoms with Gasteiger partial charge in [0.05, 0.1) is 0 Å². The van der Waals surface area contributed by atoms with Crippen LogP contribution in [-0.4, -0.2) is 24.0 Å². The van der Waals surface area contributed by atoms with Crippen molar-refractivity contribution in [2.24, 2.45) is 5.41 Å². The summed E-state index contributed by atoms with van der Waals surface area (Å²) >= 11 is 0. The van der Waals surface area contributed by atoms with Gasteiger partial charge in [-0.15, -0.1) is 0 Å². The molecule has 0 N–H and O–H groups in total. The Balaban J connectivity index is 2.21. The fourth-order valence-electron chi connectivity index (χ4n) is 1.52. The molecular formula is C8H16NOP. The Morgan fingerprint density at radius 1 is 1.64 bits per heavy atom. The molecule has 0 heterocycles. The Bertz CT molecular complexity index is 159. The van der Waals surface area contributed by atoms with E-state index in [1.807, 2.05) is 7.05 Å². The number of nitrogens with zero attached hydrogens (tertiary/aromatic N) is 1. The molecular weight excluding hydrogens is 157 g/mol. The van der Waals surface area contributed by atoms with Crippen LogP contribution in [0.25, 0.3) is 0 Å². The van der Waals surface area contributed by atoms with Crippen molar-refractivity contribution < 1.29 is 4.79 Å². The molecule has 0 amide bonds. The van der Waals surface area contributed by atoms with Crippen LogP contribution in [0.2, 0.25) is 0 Å². The lowest BCUT2D eigenvalue weighted by molar-refractivity contribution is -0.132. The molecule has 2 nitrogen and oxygen atoms in total. The molecule has 1 aliphatic rings. The van der Waals surface area contributed by atoms with E-state index >= 15 is 0 Å². The molecule has 3 heteroatoms. The molecule has 1 atom stereocenters. The molecule has 64 valence electrons. The summed E-state index contributed by atoms with van der Waals surface area (Å²) < 4.78 is 2.09. The second-order valence-corrected chi connectivity index (χ2v) is 4.82. The summed E-state index contributed by atoms with van der Waals surface area (Å²) in [4.78, 5) is 10.7. The molecule has 1 fully saturated rings. The Morgan fingerprint density at radius 3 is 2.55 bits per heavy atom. The first-order valence-electron chi connectivity index (χ1n) is 3.99. The van der Waals surface area contributed by atoms with E-state index in [2.05, 4.69) is 21.0 Å². The lowest BCUT2D eigenvalue weighted by atomic mass is 9.67. The molecule has 0 aromatic heterocycles. The lowest BCUT2D eigenvalue weighted by Crippen LogP contribution is -2.36. The zero-order valence-corrected chi connectivity index (χ0v) is 8.42. The summed E-state index contributed by atoms with van der Waals surface area (Å²) in [6.45, 7) is 3.26. The molecule has 0 radical (unpaired) electrons. The number of carbonyl (C=O) groups excluding carboxylic acids is 1. The van der Waals surface area contributed by atoms with Crippen LogP contribution in [0.1, 0.15) is 26.2 Å². The zero-order chi connectivity index (χ0) is 8.48. The normalized spacial score (nSPS) is 22.0. The average Bonchev–Trinajstić information content (AvgIpc) is 1.81. The predicted molar refractivity (Wildman–Crippen MR) is 49.3 cm³/mol. The van der Waals surface area contributed by atoms with Crippen molar-refractivity contribution in [2.45, 2.75) is 26.2 Å². The Labute approximate surface area is 70.6 Å². The highest BCUT2D eigenvalue weighted by Gasteiger charge is 2.38. The first-order valence-corrected chi connectivity index (χ1v) is 4.51. The van der Waals surface area contributed by atoms with Crippen molar-refractivity contribution in [1.82, 2.24) is 4.67 Å². The molecule has 11 heavy (non-hydrogen) atoms. The minimum Gasteiger partial charge on any atom is -0.300 e. The summed E-state index contributed by atoms with van der Waals surface area (Å²) in [5, 5.41) is 0. The molecule has 1 aliphatic carbocycles. The van der Waals surface area contributed by atoms with Crippen molar-refractivity contribution in [3.63, 3.8) is 0 Å². The minimum atomic E-state index is 0.321. The molecule has 1 unspecified atom stereocenters. The third-order valence-corrected chi connectivity index (χ3v) is 2.57. The Morgan fingerprint density at radius 2 is 2.18 bits per heavy atom. The summed E-state index contributed by atoms with van der Waals surface area (Å²) in [5.41, 5.74) is 0.321. The second-order valence-electron chi connectivity index (χ2n) is 3.93. The molecule has 1 rings (SSSR count). The van der Waals surface area contributed by atoms with E-state index in [0.717, 1.165) is 25.8 Å². The highest BCUT2D eigenvalue weighted by Crippen LogP contribution is 2.40. The Kier molecular flexibility index (Phi) is 2.66. The van der Waals surface area contributed by atoms with E-state index in [4.69, 9.17) is 0 Å². The summed E-state index contributed by atoms with van der Waals surface area (Å²) in [5.74, 6) is 0.430. The summed E-state index contributed by atoms with van der Waals surface area (Å²) in [6.07, 6.45) is 2.73. The van der Waals surface area contributed by atoms with Crippen molar-refractivity contribution in [3.05, 3.63) is 0 Å². The second kappa shape index (κ2) is 3.20. The fraction of sp³-hybridized carbons (Fsp3) is 0.875. The quantitative estimate of drug-likeness (QED) is 0.602. The van der Waals surface area contributed by atoms with Gasteiger partial charge in [-0.2, -0.15) is 0 Å². The lowest BCUT2D eigenvalue weighted by Gasteiger charge is -2.37. The van der Waals surface area contributed by atoms with E-state index in [-0.39, 0.29) is 0 Å². The van der Waals surface area contributed by atoms with Gasteiger partial charge in [0.2, 0.25) is 0 Å². The van der Waals surface area contributed by atoms with Gasteiger partial charge in [0.15, 0.2) is 0 Å². The van der Waals surface area contributed by atoms with Gasteiger partial charge < -0.3 is 0 Å². The maximum Gasteiger partial charge on any atom is 0.134 e. The smallest absolute Gasteiger partial charge is 0.134 e. The molecule has 0 aromatic carbocycles. The van der Waals surface area contributed by atoms with Gasteiger partial charge in [0.1, 0.15) is 5.78 Å². The van der Waals surface area contributed by atoms with E-state index < -0.39 is 0 Å². The standard InChI is InChI=1S/C8H16NOP/c1-8(3-4-9(2)11)5-7(10)6-8/h3-6,11H2,1-2H3. The van der Waals surface area contributed by atoms with E-state index in [1.165, 1.54) is 0 Å². The third kappa shape index (κ3) is 2.53. The van der Waals surface area contributed by atoms with Crippen LogP contribution in [0.4, 0.5) is 0 Å². The van der Waals surface area contributed by atoms with E-state index in [0.29, 0.717) is 11.2 Å². The number of hydrogen-bond acceptors (Lipinski definition) is 2. The minimum absolute atomic E-state index is 0.321. The maximum absolute atomic E-state index is 10.7. The SMILES string of the molecule is CN(P)CCC1(C)CC(=O)C1. The number of carbonyl (C=O) groups is 1. The number of ketones is 1. The highest BCUT2D eigenvalue weighted by molar-refractivity contribution is 7.13. The van der Waals surface area contributed by atoms with Crippen molar-refractivity contribution in [3.8, 4) is 0 Å². The number of Topliss-reactive ketones (excluding diaryl/α,β-unsaturated/α-hetero) is 1. The largest absolute Gasteiger partial charge is 0.300 e. The number of hydrogen-bond donors (Lipinski definition) is 0. The molecule has 0 spiro atoms. The van der Waals surface area contributed by atoms with Crippen LogP contribution in [0.3, 0.4) is 0 Å². The van der Waals surface area contributed by atoms with Gasteiger partial charge >= 0.3 is 0 Å². The first-order chi connectivity index (χ1) is 5.02. The first kappa shape index (κ1) is 9.15. The number of rotatable bonds is 3. The molecule has 0 aliphatic heterocycles. The van der Waals surface area contributed by atoms with Crippen molar-refractivity contribution in [2.75, 3.05) is 13.6 Å². The van der Waals surface area contributed by atoms with Crippen molar-refractivity contribution >= 4 is 15.2 Å². The highest BCUT2D eigenvalue weighted by atomic mass is 31.0. The van der Waals surface area contributed by atoms with Gasteiger partial charge in [0, 0.05) is 19.4 Å². The van der Waals surface area contributed by atoms with Crippen LogP contribution in [-0.2, 0) is 4.79 Å². The van der Waals surface area contributed by atoms with Crippen molar-refractivity contribution in [1.29, 1.82) is 0 Å². The van der Waals surface area contributed by atoms with Gasteiger partial charge in [0.25, 0.3) is 0 Å². The molecule has 1 saturated carbocycles. The van der Waals surface area contributed by atoms with Crippen LogP contribution >= 0.6 is 9.39 Å². The topological polar surface area (TPSA) is 20.3 Å². The van der Waals surface area contributed by atoms with Crippen LogP contribution in [0.15, 0.2) is 0 Å². The zero-order valence-electron chi connectivity index (χ0n) is 7.26. The monoisotopic (exact) mass is 173 g/mol. The average molecular weight is 173 g/mol. The fourth-order valence-corrected chi connectivity index (χ4v) is 1.65. The maximum atomic E-state index is 10.7. The molecule has 0 bridgehead atoms. The van der Waals surface area contributed by atoms with E-state index in [9.17, 15) is 4.79 Å². The van der Waals surface area contributed by atoms with Crippen LogP contribution in [0, 0.1) is 5.41 Å². The van der Waals surface area contributed by atoms with E-state index in [1.54, 1.807) is 0 Å².